The van der Waals surface area contributed by atoms with Crippen molar-refractivity contribution in [1.82, 2.24) is 0 Å². The molecule has 0 aromatic heterocycles. The van der Waals surface area contributed by atoms with Crippen molar-refractivity contribution in [1.29, 1.82) is 5.26 Å². The van der Waals surface area contributed by atoms with Crippen LogP contribution in [0.15, 0.2) is 0 Å². The van der Waals surface area contributed by atoms with Gasteiger partial charge in [0.25, 0.3) is 0 Å². The van der Waals surface area contributed by atoms with Gasteiger partial charge in [0.15, 0.2) is 0 Å². The summed E-state index contributed by atoms with van der Waals surface area (Å²) in [5.41, 5.74) is 0. The van der Waals surface area contributed by atoms with E-state index in [2.05, 4.69) is 4.74 Å². The highest BCUT2D eigenvalue weighted by Crippen LogP contribution is 2.18. The van der Waals surface area contributed by atoms with Crippen molar-refractivity contribution in [3.05, 3.63) is 0 Å². The maximum atomic E-state index is 11.2. The maximum Gasteiger partial charge on any atom is 0.309 e. The molecule has 0 spiro atoms. The summed E-state index contributed by atoms with van der Waals surface area (Å²) >= 11 is 0. The lowest BCUT2D eigenvalue weighted by Crippen LogP contribution is -2.25. The summed E-state index contributed by atoms with van der Waals surface area (Å²) in [5.74, 6) is -0.709. The minimum atomic E-state index is -1.09. The fraction of sp³-hybridized carbons (Fsp3) is 0.778. The second-order valence-electron chi connectivity index (χ2n) is 3.25. The van der Waals surface area contributed by atoms with Gasteiger partial charge in [0.05, 0.1) is 19.1 Å². The number of nitrogens with zero attached hydrogens (tertiary/aromatic N) is 1. The van der Waals surface area contributed by atoms with Crippen LogP contribution in [0.4, 0.5) is 0 Å². The molecule has 0 aromatic rings. The smallest absolute Gasteiger partial charge is 0.309 e. The van der Waals surface area contributed by atoms with E-state index in [0.717, 1.165) is 0 Å². The molecular formula is C9H15NO3. The van der Waals surface area contributed by atoms with Crippen molar-refractivity contribution in [3.63, 3.8) is 0 Å². The fourth-order valence-corrected chi connectivity index (χ4v) is 1.09. The number of aliphatic hydroxyl groups is 1. The Kier molecular flexibility index (Phi) is 5.09. The third-order valence-corrected chi connectivity index (χ3v) is 1.93. The quantitative estimate of drug-likeness (QED) is 0.517. The molecule has 2 atom stereocenters. The van der Waals surface area contributed by atoms with Crippen LogP contribution in [-0.4, -0.2) is 24.3 Å². The van der Waals surface area contributed by atoms with Crippen LogP contribution in [0.25, 0.3) is 0 Å². The largest absolute Gasteiger partial charge is 0.469 e. The average molecular weight is 185 g/mol. The molecule has 0 fully saturated rings. The molecule has 0 unspecified atom stereocenters. The van der Waals surface area contributed by atoms with E-state index in [9.17, 15) is 4.79 Å². The van der Waals surface area contributed by atoms with Crippen molar-refractivity contribution >= 4 is 5.97 Å². The number of esters is 1. The summed E-state index contributed by atoms with van der Waals surface area (Å²) in [5, 5.41) is 17.4. The molecule has 0 saturated carbocycles. The molecule has 0 heterocycles. The number of carbonyl (C=O) groups is 1. The van der Waals surface area contributed by atoms with E-state index in [1.165, 1.54) is 7.11 Å². The molecular weight excluding hydrogens is 170 g/mol. The Balaban J connectivity index is 4.28. The molecule has 4 nitrogen and oxygen atoms in total. The highest BCUT2D eigenvalue weighted by atomic mass is 16.5. The zero-order valence-corrected chi connectivity index (χ0v) is 8.15. The SMILES string of the molecule is COC(=O)[C@@H](C[C@H](O)C#N)C(C)C. The third kappa shape index (κ3) is 3.90. The van der Waals surface area contributed by atoms with E-state index in [0.29, 0.717) is 0 Å². The van der Waals surface area contributed by atoms with Crippen LogP contribution in [0, 0.1) is 23.2 Å². The number of nitriles is 1. The van der Waals surface area contributed by atoms with E-state index in [-0.39, 0.29) is 18.3 Å². The van der Waals surface area contributed by atoms with Gasteiger partial charge < -0.3 is 9.84 Å². The number of ether oxygens (including phenoxy) is 1. The first-order valence-corrected chi connectivity index (χ1v) is 4.18. The Bertz CT molecular complexity index is 207. The van der Waals surface area contributed by atoms with Crippen LogP contribution in [0.3, 0.4) is 0 Å². The fourth-order valence-electron chi connectivity index (χ4n) is 1.09. The molecule has 0 aromatic carbocycles. The summed E-state index contributed by atoms with van der Waals surface area (Å²) in [7, 11) is 1.30. The van der Waals surface area contributed by atoms with Crippen LogP contribution >= 0.6 is 0 Å². The molecule has 74 valence electrons. The van der Waals surface area contributed by atoms with Crippen molar-refractivity contribution in [2.45, 2.75) is 26.4 Å². The van der Waals surface area contributed by atoms with Gasteiger partial charge in [0, 0.05) is 6.42 Å². The Morgan fingerprint density at radius 2 is 2.15 bits per heavy atom. The normalized spacial score (nSPS) is 14.8. The van der Waals surface area contributed by atoms with E-state index < -0.39 is 12.0 Å². The predicted octanol–water partition coefficient (Wildman–Crippen LogP) is 0.706. The molecule has 4 heteroatoms. The molecule has 0 aliphatic rings. The summed E-state index contributed by atoms with van der Waals surface area (Å²) in [4.78, 5) is 11.2. The maximum absolute atomic E-state index is 11.2. The lowest BCUT2D eigenvalue weighted by Gasteiger charge is -2.18. The average Bonchev–Trinajstić information content (AvgIpc) is 2.11. The van der Waals surface area contributed by atoms with Crippen molar-refractivity contribution in [2.75, 3.05) is 7.11 Å². The number of hydrogen-bond donors (Lipinski definition) is 1. The monoisotopic (exact) mass is 185 g/mol. The topological polar surface area (TPSA) is 70.3 Å². The minimum Gasteiger partial charge on any atom is -0.469 e. The van der Waals surface area contributed by atoms with Crippen LogP contribution in [0.2, 0.25) is 0 Å². The zero-order valence-electron chi connectivity index (χ0n) is 8.15. The number of aliphatic hydroxyl groups excluding tert-OH is 1. The Hall–Kier alpha value is -1.08. The van der Waals surface area contributed by atoms with E-state index >= 15 is 0 Å². The molecule has 0 aliphatic heterocycles. The second-order valence-corrected chi connectivity index (χ2v) is 3.25. The first-order chi connectivity index (χ1) is 6.02. The van der Waals surface area contributed by atoms with Crippen LogP contribution in [0.1, 0.15) is 20.3 Å². The van der Waals surface area contributed by atoms with Gasteiger partial charge in [-0.25, -0.2) is 0 Å². The van der Waals surface area contributed by atoms with Gasteiger partial charge in [-0.05, 0) is 5.92 Å². The van der Waals surface area contributed by atoms with Gasteiger partial charge >= 0.3 is 5.97 Å². The van der Waals surface area contributed by atoms with Crippen LogP contribution in [-0.2, 0) is 9.53 Å². The molecule has 1 N–H and O–H groups in total. The van der Waals surface area contributed by atoms with Gasteiger partial charge in [-0.15, -0.1) is 0 Å². The predicted molar refractivity (Wildman–Crippen MR) is 46.6 cm³/mol. The molecule has 0 saturated heterocycles. The lowest BCUT2D eigenvalue weighted by atomic mass is 9.90. The molecule has 0 aliphatic carbocycles. The molecule has 13 heavy (non-hydrogen) atoms. The molecule has 0 rings (SSSR count). The third-order valence-electron chi connectivity index (χ3n) is 1.93. The van der Waals surface area contributed by atoms with Crippen LogP contribution < -0.4 is 0 Å². The molecule has 0 bridgehead atoms. The number of methoxy groups -OCH3 is 1. The summed E-state index contributed by atoms with van der Waals surface area (Å²) in [6, 6.07) is 1.68. The zero-order chi connectivity index (χ0) is 10.4. The number of hydrogen-bond acceptors (Lipinski definition) is 4. The van der Waals surface area contributed by atoms with Crippen LogP contribution in [0.5, 0.6) is 0 Å². The van der Waals surface area contributed by atoms with Gasteiger partial charge in [0.1, 0.15) is 6.10 Å². The first kappa shape index (κ1) is 11.9. The van der Waals surface area contributed by atoms with Gasteiger partial charge in [-0.1, -0.05) is 13.8 Å². The van der Waals surface area contributed by atoms with E-state index in [4.69, 9.17) is 10.4 Å². The molecule has 0 radical (unpaired) electrons. The van der Waals surface area contributed by atoms with Crippen molar-refractivity contribution in [3.8, 4) is 6.07 Å². The summed E-state index contributed by atoms with van der Waals surface area (Å²) in [6.07, 6.45) is -0.951. The Morgan fingerprint density at radius 3 is 2.46 bits per heavy atom. The summed E-state index contributed by atoms with van der Waals surface area (Å²) < 4.78 is 4.56. The van der Waals surface area contributed by atoms with Gasteiger partial charge in [-0.2, -0.15) is 5.26 Å². The Morgan fingerprint density at radius 1 is 1.62 bits per heavy atom. The van der Waals surface area contributed by atoms with Crippen molar-refractivity contribution < 1.29 is 14.6 Å². The highest BCUT2D eigenvalue weighted by molar-refractivity contribution is 5.72. The van der Waals surface area contributed by atoms with Crippen molar-refractivity contribution in [2.24, 2.45) is 11.8 Å². The standard InChI is InChI=1S/C9H15NO3/c1-6(2)8(9(12)13-3)4-7(11)5-10/h6-8,11H,4H2,1-3H3/t7-,8-/m0/s1. The van der Waals surface area contributed by atoms with Gasteiger partial charge in [0.2, 0.25) is 0 Å². The van der Waals surface area contributed by atoms with Gasteiger partial charge in [-0.3, -0.25) is 4.79 Å². The highest BCUT2D eigenvalue weighted by Gasteiger charge is 2.25. The second kappa shape index (κ2) is 5.55. The Labute approximate surface area is 78.1 Å². The number of rotatable bonds is 4. The van der Waals surface area contributed by atoms with E-state index in [1.807, 2.05) is 13.8 Å². The van der Waals surface area contributed by atoms with E-state index in [1.54, 1.807) is 6.07 Å². The first-order valence-electron chi connectivity index (χ1n) is 4.18. The lowest BCUT2D eigenvalue weighted by molar-refractivity contribution is -0.148. The summed E-state index contributed by atoms with van der Waals surface area (Å²) in [6.45, 7) is 3.71. The minimum absolute atomic E-state index is 0.0652. The number of carbonyl (C=O) groups excluding carboxylic acids is 1. The molecule has 0 amide bonds.